The molecule has 7 nitrogen and oxygen atoms in total. The fourth-order valence-electron chi connectivity index (χ4n) is 3.77. The van der Waals surface area contributed by atoms with Crippen LogP contribution in [0, 0.1) is 5.41 Å². The molecule has 1 aromatic rings. The zero-order valence-corrected chi connectivity index (χ0v) is 18.8. The largest absolute Gasteiger partial charge is 0.385 e. The quantitative estimate of drug-likeness (QED) is 0.375. The number of methoxy groups -OCH3 is 1. The van der Waals surface area contributed by atoms with Gasteiger partial charge in [0.15, 0.2) is 5.96 Å². The van der Waals surface area contributed by atoms with Crippen LogP contribution in [-0.2, 0) is 27.1 Å². The van der Waals surface area contributed by atoms with Crippen LogP contribution >= 0.6 is 0 Å². The number of nitrogens with zero attached hydrogens (tertiary/aromatic N) is 1. The van der Waals surface area contributed by atoms with Crippen molar-refractivity contribution in [3.8, 4) is 0 Å². The van der Waals surface area contributed by atoms with Crippen molar-refractivity contribution in [2.75, 3.05) is 33.9 Å². The van der Waals surface area contributed by atoms with Gasteiger partial charge in [-0.3, -0.25) is 0 Å². The van der Waals surface area contributed by atoms with Crippen molar-refractivity contribution in [2.45, 2.75) is 51.3 Å². The molecule has 0 radical (unpaired) electrons. The topological polar surface area (TPSA) is 91.8 Å². The van der Waals surface area contributed by atoms with Gasteiger partial charge < -0.3 is 15.4 Å². The summed E-state index contributed by atoms with van der Waals surface area (Å²) in [6.45, 7) is 5.11. The lowest BCUT2D eigenvalue weighted by molar-refractivity contribution is 0.138. The van der Waals surface area contributed by atoms with E-state index in [1.807, 2.05) is 24.3 Å². The number of rotatable bonds is 11. The monoisotopic (exact) mass is 424 g/mol. The number of sulfonamides is 1. The predicted molar refractivity (Wildman–Crippen MR) is 118 cm³/mol. The van der Waals surface area contributed by atoms with Crippen LogP contribution in [0.3, 0.4) is 0 Å². The van der Waals surface area contributed by atoms with E-state index in [0.29, 0.717) is 12.0 Å². The molecule has 1 aliphatic carbocycles. The summed E-state index contributed by atoms with van der Waals surface area (Å²) in [4.78, 5) is 4.71. The van der Waals surface area contributed by atoms with E-state index in [0.717, 1.165) is 43.2 Å². The van der Waals surface area contributed by atoms with Crippen LogP contribution in [0.4, 0.5) is 0 Å². The second-order valence-corrected chi connectivity index (χ2v) is 9.70. The fourth-order valence-corrected chi connectivity index (χ4v) is 4.55. The molecule has 1 aliphatic rings. The molecule has 2 rings (SSSR count). The molecule has 0 saturated heterocycles. The molecule has 0 heterocycles. The van der Waals surface area contributed by atoms with Crippen LogP contribution in [-0.4, -0.2) is 48.2 Å². The van der Waals surface area contributed by atoms with Crippen LogP contribution in [0.1, 0.15) is 50.2 Å². The SMILES string of the molecule is CCNC(=NCc1ccc(CS(=O)(=O)NC)cc1)NCC1(CCOC)CCCC1. The second kappa shape index (κ2) is 11.5. The molecule has 3 N–H and O–H groups in total. The zero-order chi connectivity index (χ0) is 21.2. The maximum atomic E-state index is 11.7. The van der Waals surface area contributed by atoms with Gasteiger partial charge in [0.2, 0.25) is 10.0 Å². The Bertz CT molecular complexity index is 742. The minimum Gasteiger partial charge on any atom is -0.385 e. The molecule has 8 heteroatoms. The lowest BCUT2D eigenvalue weighted by Gasteiger charge is -2.30. The second-order valence-electron chi connectivity index (χ2n) is 7.78. The van der Waals surface area contributed by atoms with E-state index >= 15 is 0 Å². The molecule has 0 spiro atoms. The van der Waals surface area contributed by atoms with Crippen molar-refractivity contribution in [1.82, 2.24) is 15.4 Å². The van der Waals surface area contributed by atoms with Crippen molar-refractivity contribution < 1.29 is 13.2 Å². The van der Waals surface area contributed by atoms with Gasteiger partial charge in [0, 0.05) is 26.8 Å². The highest BCUT2D eigenvalue weighted by Gasteiger charge is 2.33. The Hall–Kier alpha value is -1.64. The summed E-state index contributed by atoms with van der Waals surface area (Å²) in [5.74, 6) is 0.805. The molecular weight excluding hydrogens is 388 g/mol. The molecule has 0 aliphatic heterocycles. The van der Waals surface area contributed by atoms with Gasteiger partial charge >= 0.3 is 0 Å². The Kier molecular flexibility index (Phi) is 9.39. The summed E-state index contributed by atoms with van der Waals surface area (Å²) >= 11 is 0. The molecular formula is C21H36N4O3S. The van der Waals surface area contributed by atoms with Crippen LogP contribution < -0.4 is 15.4 Å². The molecule has 1 fully saturated rings. The summed E-state index contributed by atoms with van der Waals surface area (Å²) < 4.78 is 31.0. The number of ether oxygens (including phenoxy) is 1. The van der Waals surface area contributed by atoms with E-state index in [2.05, 4.69) is 22.3 Å². The summed E-state index contributed by atoms with van der Waals surface area (Å²) in [6, 6.07) is 7.56. The number of guanidine groups is 1. The van der Waals surface area contributed by atoms with E-state index in [1.165, 1.54) is 32.7 Å². The van der Waals surface area contributed by atoms with Crippen LogP contribution in [0.15, 0.2) is 29.3 Å². The molecule has 29 heavy (non-hydrogen) atoms. The van der Waals surface area contributed by atoms with Gasteiger partial charge in [-0.1, -0.05) is 37.1 Å². The lowest BCUT2D eigenvalue weighted by atomic mass is 9.83. The van der Waals surface area contributed by atoms with Crippen molar-refractivity contribution in [2.24, 2.45) is 10.4 Å². The van der Waals surface area contributed by atoms with Crippen molar-refractivity contribution in [3.63, 3.8) is 0 Å². The highest BCUT2D eigenvalue weighted by molar-refractivity contribution is 7.88. The van der Waals surface area contributed by atoms with Gasteiger partial charge in [-0.15, -0.1) is 0 Å². The first kappa shape index (κ1) is 23.6. The van der Waals surface area contributed by atoms with Gasteiger partial charge in [-0.05, 0) is 49.8 Å². The average molecular weight is 425 g/mol. The molecule has 1 aromatic carbocycles. The van der Waals surface area contributed by atoms with Crippen molar-refractivity contribution >= 4 is 16.0 Å². The molecule has 0 aromatic heterocycles. The fraction of sp³-hybridized carbons (Fsp3) is 0.667. The van der Waals surface area contributed by atoms with Gasteiger partial charge in [0.25, 0.3) is 0 Å². The maximum absolute atomic E-state index is 11.7. The van der Waals surface area contributed by atoms with Crippen LogP contribution in [0.25, 0.3) is 0 Å². The molecule has 0 bridgehead atoms. The van der Waals surface area contributed by atoms with Crippen LogP contribution in [0.2, 0.25) is 0 Å². The van der Waals surface area contributed by atoms with Crippen molar-refractivity contribution in [3.05, 3.63) is 35.4 Å². The molecule has 0 atom stereocenters. The summed E-state index contributed by atoms with van der Waals surface area (Å²) in [7, 11) is -0.0590. The van der Waals surface area contributed by atoms with Crippen LogP contribution in [0.5, 0.6) is 0 Å². The Balaban J connectivity index is 1.96. The summed E-state index contributed by atoms with van der Waals surface area (Å²) in [5.41, 5.74) is 2.10. The van der Waals surface area contributed by atoms with E-state index in [1.54, 1.807) is 7.11 Å². The Morgan fingerprint density at radius 3 is 2.38 bits per heavy atom. The number of benzene rings is 1. The maximum Gasteiger partial charge on any atom is 0.215 e. The first-order valence-corrected chi connectivity index (χ1v) is 12.1. The summed E-state index contributed by atoms with van der Waals surface area (Å²) in [6.07, 6.45) is 6.12. The van der Waals surface area contributed by atoms with E-state index in [9.17, 15) is 8.42 Å². The Labute approximate surface area is 175 Å². The third-order valence-electron chi connectivity index (χ3n) is 5.59. The lowest BCUT2D eigenvalue weighted by Crippen LogP contribution is -2.43. The zero-order valence-electron chi connectivity index (χ0n) is 18.0. The van der Waals surface area contributed by atoms with Crippen molar-refractivity contribution in [1.29, 1.82) is 0 Å². The van der Waals surface area contributed by atoms with Gasteiger partial charge in [-0.2, -0.15) is 0 Å². The highest BCUT2D eigenvalue weighted by Crippen LogP contribution is 2.40. The average Bonchev–Trinajstić information content (AvgIpc) is 3.18. The summed E-state index contributed by atoms with van der Waals surface area (Å²) in [5, 5.41) is 6.85. The Morgan fingerprint density at radius 2 is 1.79 bits per heavy atom. The third-order valence-corrected chi connectivity index (χ3v) is 6.92. The van der Waals surface area contributed by atoms with Gasteiger partial charge in [0.05, 0.1) is 12.3 Å². The first-order chi connectivity index (χ1) is 13.9. The standard InChI is InChI=1S/C21H36N4O3S/c1-4-23-20(25-17-21(13-14-28-3)11-5-6-12-21)24-15-18-7-9-19(10-8-18)16-29(26,27)22-2/h7-10,22H,4-6,11-17H2,1-3H3,(H2,23,24,25). The highest BCUT2D eigenvalue weighted by atomic mass is 32.2. The van der Waals surface area contributed by atoms with E-state index in [-0.39, 0.29) is 5.75 Å². The molecule has 0 unspecified atom stereocenters. The Morgan fingerprint density at radius 1 is 1.14 bits per heavy atom. The molecule has 0 amide bonds. The minimum absolute atomic E-state index is 0.0131. The number of aliphatic imine (C=N–C) groups is 1. The number of nitrogens with one attached hydrogen (secondary N) is 3. The minimum atomic E-state index is -3.25. The third kappa shape index (κ3) is 7.95. The molecule has 164 valence electrons. The molecule has 1 saturated carbocycles. The van der Waals surface area contributed by atoms with E-state index in [4.69, 9.17) is 9.73 Å². The first-order valence-electron chi connectivity index (χ1n) is 10.4. The number of hydrogen-bond acceptors (Lipinski definition) is 4. The van der Waals surface area contributed by atoms with E-state index < -0.39 is 10.0 Å². The number of hydrogen-bond donors (Lipinski definition) is 3. The smallest absolute Gasteiger partial charge is 0.215 e. The van der Waals surface area contributed by atoms with Gasteiger partial charge in [0.1, 0.15) is 0 Å². The normalized spacial score (nSPS) is 16.7. The van der Waals surface area contributed by atoms with Gasteiger partial charge in [-0.25, -0.2) is 18.1 Å². The predicted octanol–water partition coefficient (Wildman–Crippen LogP) is 2.39.